The fourth-order valence-corrected chi connectivity index (χ4v) is 4.45. The van der Waals surface area contributed by atoms with E-state index in [1.54, 1.807) is 20.3 Å². The normalized spacial score (nSPS) is 14.1. The van der Waals surface area contributed by atoms with E-state index < -0.39 is 0 Å². The molecule has 8 nitrogen and oxygen atoms in total. The Morgan fingerprint density at radius 3 is 2.32 bits per heavy atom. The van der Waals surface area contributed by atoms with Crippen LogP contribution in [0.3, 0.4) is 0 Å². The number of methoxy groups -OCH3 is 2. The van der Waals surface area contributed by atoms with E-state index in [9.17, 15) is 4.79 Å². The number of ether oxygens (including phenoxy) is 2. The first-order chi connectivity index (χ1) is 16.0. The van der Waals surface area contributed by atoms with Gasteiger partial charge >= 0.3 is 0 Å². The Hall–Kier alpha value is -2.97. The summed E-state index contributed by atoms with van der Waals surface area (Å²) in [5.74, 6) is 2.37. The zero-order valence-corrected chi connectivity index (χ0v) is 21.2. The number of rotatable bonds is 8. The Balaban J connectivity index is 0.00000324. The number of hydrogen-bond donors (Lipinski definition) is 0. The highest BCUT2D eigenvalue weighted by molar-refractivity contribution is 5.85. The van der Waals surface area contributed by atoms with Crippen molar-refractivity contribution in [2.75, 3.05) is 51.8 Å². The van der Waals surface area contributed by atoms with Gasteiger partial charge < -0.3 is 14.4 Å². The van der Waals surface area contributed by atoms with Crippen molar-refractivity contribution in [1.29, 1.82) is 0 Å². The zero-order chi connectivity index (χ0) is 23.4. The third kappa shape index (κ3) is 5.56. The standard InChI is InChI=1S/C25H33N5O3.ClH/c1-19-8-9-26-24(16-19)28-14-12-27(13-15-28)10-5-11-29-25(31)17-20(2)30(29)21-6-7-22(32-3)23(18-21)33-4;/h6-9,16-18H,5,10-15H2,1-4H3;1H. The van der Waals surface area contributed by atoms with Gasteiger partial charge in [-0.05, 0) is 50.1 Å². The van der Waals surface area contributed by atoms with Crippen molar-refractivity contribution >= 4 is 18.2 Å². The predicted octanol–water partition coefficient (Wildman–Crippen LogP) is 3.30. The Morgan fingerprint density at radius 1 is 0.912 bits per heavy atom. The van der Waals surface area contributed by atoms with Crippen molar-refractivity contribution in [1.82, 2.24) is 19.2 Å². The second kappa shape index (κ2) is 11.4. The van der Waals surface area contributed by atoms with Crippen LogP contribution in [0.5, 0.6) is 11.5 Å². The molecule has 3 heterocycles. The molecule has 184 valence electrons. The highest BCUT2D eigenvalue weighted by atomic mass is 35.5. The van der Waals surface area contributed by atoms with Crippen LogP contribution in [-0.4, -0.2) is 66.2 Å². The van der Waals surface area contributed by atoms with Gasteiger partial charge in [0.2, 0.25) is 0 Å². The quantitative estimate of drug-likeness (QED) is 0.485. The highest BCUT2D eigenvalue weighted by Gasteiger charge is 2.18. The van der Waals surface area contributed by atoms with Crippen LogP contribution in [-0.2, 0) is 6.54 Å². The smallest absolute Gasteiger partial charge is 0.267 e. The first-order valence-corrected chi connectivity index (χ1v) is 11.4. The van der Waals surface area contributed by atoms with E-state index >= 15 is 0 Å². The molecule has 2 aromatic heterocycles. The summed E-state index contributed by atoms with van der Waals surface area (Å²) in [5, 5.41) is 0. The molecule has 0 N–H and O–H groups in total. The lowest BCUT2D eigenvalue weighted by Gasteiger charge is -2.35. The molecule has 0 amide bonds. The van der Waals surface area contributed by atoms with Crippen LogP contribution in [0.1, 0.15) is 17.7 Å². The molecule has 0 spiro atoms. The lowest BCUT2D eigenvalue weighted by Crippen LogP contribution is -2.47. The topological polar surface area (TPSA) is 64.8 Å². The van der Waals surface area contributed by atoms with Crippen molar-refractivity contribution in [3.05, 3.63) is 64.2 Å². The zero-order valence-electron chi connectivity index (χ0n) is 20.4. The number of halogens is 1. The van der Waals surface area contributed by atoms with Crippen LogP contribution in [0, 0.1) is 13.8 Å². The molecule has 0 radical (unpaired) electrons. The van der Waals surface area contributed by atoms with Gasteiger partial charge in [-0.1, -0.05) is 0 Å². The fourth-order valence-electron chi connectivity index (χ4n) is 4.45. The summed E-state index contributed by atoms with van der Waals surface area (Å²) in [6, 6.07) is 11.6. The van der Waals surface area contributed by atoms with Gasteiger partial charge in [-0.3, -0.25) is 14.4 Å². The third-order valence-electron chi connectivity index (χ3n) is 6.22. The number of hydrogen-bond acceptors (Lipinski definition) is 6. The fraction of sp³-hybridized carbons (Fsp3) is 0.440. The summed E-state index contributed by atoms with van der Waals surface area (Å²) in [6.45, 7) is 9.60. The predicted molar refractivity (Wildman–Crippen MR) is 137 cm³/mol. The van der Waals surface area contributed by atoms with Gasteiger partial charge in [-0.2, -0.15) is 0 Å². The molecule has 0 bridgehead atoms. The number of aromatic nitrogens is 3. The lowest BCUT2D eigenvalue weighted by atomic mass is 10.2. The molecule has 34 heavy (non-hydrogen) atoms. The van der Waals surface area contributed by atoms with Crippen molar-refractivity contribution in [2.45, 2.75) is 26.8 Å². The minimum atomic E-state index is 0. The molecule has 4 rings (SSSR count). The molecule has 1 aliphatic heterocycles. The summed E-state index contributed by atoms with van der Waals surface area (Å²) in [4.78, 5) is 22.0. The van der Waals surface area contributed by atoms with E-state index in [0.717, 1.165) is 56.3 Å². The molecule has 0 atom stereocenters. The summed E-state index contributed by atoms with van der Waals surface area (Å²) < 4.78 is 14.6. The summed E-state index contributed by atoms with van der Waals surface area (Å²) >= 11 is 0. The largest absolute Gasteiger partial charge is 0.493 e. The van der Waals surface area contributed by atoms with Gasteiger partial charge in [0.15, 0.2) is 11.5 Å². The van der Waals surface area contributed by atoms with E-state index in [0.29, 0.717) is 18.0 Å². The molecule has 1 saturated heterocycles. The molecule has 1 aliphatic rings. The first-order valence-electron chi connectivity index (χ1n) is 11.4. The molecule has 1 aromatic carbocycles. The monoisotopic (exact) mass is 487 g/mol. The van der Waals surface area contributed by atoms with E-state index in [1.165, 1.54) is 5.56 Å². The van der Waals surface area contributed by atoms with Crippen LogP contribution in [0.15, 0.2) is 47.4 Å². The molecular formula is C25H34ClN5O3. The van der Waals surface area contributed by atoms with Gasteiger partial charge in [0.05, 0.1) is 19.9 Å². The Morgan fingerprint density at radius 2 is 1.65 bits per heavy atom. The number of anilines is 1. The van der Waals surface area contributed by atoms with Crippen LogP contribution in [0.4, 0.5) is 5.82 Å². The van der Waals surface area contributed by atoms with Crippen molar-refractivity contribution in [3.63, 3.8) is 0 Å². The van der Waals surface area contributed by atoms with Gasteiger partial charge in [0.25, 0.3) is 5.56 Å². The molecule has 0 unspecified atom stereocenters. The molecule has 9 heteroatoms. The van der Waals surface area contributed by atoms with E-state index in [1.807, 2.05) is 46.7 Å². The summed E-state index contributed by atoms with van der Waals surface area (Å²) in [7, 11) is 3.23. The Bertz CT molecular complexity index is 1150. The van der Waals surface area contributed by atoms with Gasteiger partial charge in [-0.15, -0.1) is 12.4 Å². The number of pyridine rings is 1. The maximum atomic E-state index is 12.7. The van der Waals surface area contributed by atoms with Crippen LogP contribution < -0.4 is 19.9 Å². The second-order valence-electron chi connectivity index (χ2n) is 8.47. The minimum absolute atomic E-state index is 0. The Labute approximate surface area is 207 Å². The average Bonchev–Trinajstić information content (AvgIpc) is 3.11. The maximum absolute atomic E-state index is 12.7. The summed E-state index contributed by atoms with van der Waals surface area (Å²) in [6.07, 6.45) is 2.78. The first kappa shape index (κ1) is 25.6. The second-order valence-corrected chi connectivity index (χ2v) is 8.47. The highest BCUT2D eigenvalue weighted by Crippen LogP contribution is 2.29. The van der Waals surface area contributed by atoms with Crippen molar-refractivity contribution in [2.24, 2.45) is 0 Å². The van der Waals surface area contributed by atoms with Crippen LogP contribution in [0.25, 0.3) is 5.69 Å². The maximum Gasteiger partial charge on any atom is 0.267 e. The molecular weight excluding hydrogens is 454 g/mol. The molecule has 3 aromatic rings. The average molecular weight is 488 g/mol. The Kier molecular flexibility index (Phi) is 8.63. The van der Waals surface area contributed by atoms with E-state index in [-0.39, 0.29) is 18.0 Å². The van der Waals surface area contributed by atoms with E-state index in [2.05, 4.69) is 27.8 Å². The molecule has 1 fully saturated rings. The van der Waals surface area contributed by atoms with Gasteiger partial charge in [0, 0.05) is 63.3 Å². The number of aryl methyl sites for hydroxylation is 2. The third-order valence-corrected chi connectivity index (χ3v) is 6.22. The van der Waals surface area contributed by atoms with Crippen molar-refractivity contribution < 1.29 is 9.47 Å². The van der Waals surface area contributed by atoms with Crippen LogP contribution >= 0.6 is 12.4 Å². The van der Waals surface area contributed by atoms with Gasteiger partial charge in [-0.25, -0.2) is 9.67 Å². The number of benzene rings is 1. The summed E-state index contributed by atoms with van der Waals surface area (Å²) in [5.41, 5.74) is 3.02. The number of piperazine rings is 1. The minimum Gasteiger partial charge on any atom is -0.493 e. The molecule has 0 aliphatic carbocycles. The van der Waals surface area contributed by atoms with Crippen molar-refractivity contribution in [3.8, 4) is 17.2 Å². The van der Waals surface area contributed by atoms with Gasteiger partial charge in [0.1, 0.15) is 5.82 Å². The molecule has 0 saturated carbocycles. The SMILES string of the molecule is COc1ccc(-n2c(C)cc(=O)n2CCCN2CCN(c3cc(C)ccn3)CC2)cc1OC.Cl. The lowest BCUT2D eigenvalue weighted by molar-refractivity contribution is 0.247. The number of nitrogens with zero attached hydrogens (tertiary/aromatic N) is 5. The van der Waals surface area contributed by atoms with E-state index in [4.69, 9.17) is 9.47 Å². The van der Waals surface area contributed by atoms with Crippen LogP contribution in [0.2, 0.25) is 0 Å².